The van der Waals surface area contributed by atoms with E-state index in [1.807, 2.05) is 0 Å². The molecule has 25 heavy (non-hydrogen) atoms. The number of nitrogens with one attached hydrogen (secondary N) is 1. The second-order valence-electron chi connectivity index (χ2n) is 7.85. The zero-order valence-electron chi connectivity index (χ0n) is 15.6. The molecule has 4 nitrogen and oxygen atoms in total. The van der Waals surface area contributed by atoms with Crippen molar-refractivity contribution in [2.24, 2.45) is 17.8 Å². The van der Waals surface area contributed by atoms with Crippen molar-refractivity contribution >= 4 is 5.91 Å². The number of carbonyl (C=O) groups is 1. The quantitative estimate of drug-likeness (QED) is 0.862. The third-order valence-electron chi connectivity index (χ3n) is 5.97. The molecule has 2 aliphatic rings. The molecule has 138 valence electrons. The number of rotatable bonds is 6. The number of likely N-dealkylation sites (tertiary alicyclic amines) is 1. The van der Waals surface area contributed by atoms with Crippen LogP contribution in [0.5, 0.6) is 0 Å². The fourth-order valence-electron chi connectivity index (χ4n) is 4.24. The molecule has 0 spiro atoms. The molecule has 1 N–H and O–H groups in total. The predicted molar refractivity (Wildman–Crippen MR) is 100 cm³/mol. The van der Waals surface area contributed by atoms with E-state index >= 15 is 0 Å². The first kappa shape index (κ1) is 18.4. The van der Waals surface area contributed by atoms with Crippen LogP contribution in [-0.2, 0) is 16.1 Å². The standard InChI is InChI=1S/C21H32N2O2/c1-16-12-19(15-23(16)14-18-6-4-3-5-7-18)13-22-21(24)17(2)20-8-10-25-11-9-20/h3-7,16-17,19-20H,8-15H2,1-2H3,(H,22,24). The van der Waals surface area contributed by atoms with E-state index < -0.39 is 0 Å². The van der Waals surface area contributed by atoms with Crippen LogP contribution in [0.1, 0.15) is 38.7 Å². The third kappa shape index (κ3) is 5.05. The Morgan fingerprint density at radius 3 is 2.72 bits per heavy atom. The number of hydrogen-bond donors (Lipinski definition) is 1. The fourth-order valence-corrected chi connectivity index (χ4v) is 4.24. The van der Waals surface area contributed by atoms with Crippen LogP contribution in [-0.4, -0.2) is 43.2 Å². The van der Waals surface area contributed by atoms with Crippen LogP contribution in [0, 0.1) is 17.8 Å². The highest BCUT2D eigenvalue weighted by Crippen LogP contribution is 2.26. The van der Waals surface area contributed by atoms with Gasteiger partial charge in [0.2, 0.25) is 5.91 Å². The van der Waals surface area contributed by atoms with Gasteiger partial charge in [-0.3, -0.25) is 9.69 Å². The summed E-state index contributed by atoms with van der Waals surface area (Å²) in [5, 5.41) is 3.22. The van der Waals surface area contributed by atoms with Gasteiger partial charge in [0.25, 0.3) is 0 Å². The molecule has 1 aromatic rings. The molecular weight excluding hydrogens is 312 g/mol. The summed E-state index contributed by atoms with van der Waals surface area (Å²) < 4.78 is 5.41. The van der Waals surface area contributed by atoms with Crippen LogP contribution in [0.15, 0.2) is 30.3 Å². The largest absolute Gasteiger partial charge is 0.381 e. The lowest BCUT2D eigenvalue weighted by molar-refractivity contribution is -0.127. The van der Waals surface area contributed by atoms with E-state index in [1.165, 1.54) is 12.0 Å². The maximum absolute atomic E-state index is 12.5. The van der Waals surface area contributed by atoms with Crippen molar-refractivity contribution in [1.29, 1.82) is 0 Å². The van der Waals surface area contributed by atoms with Gasteiger partial charge >= 0.3 is 0 Å². The van der Waals surface area contributed by atoms with Gasteiger partial charge in [0.15, 0.2) is 0 Å². The zero-order valence-corrected chi connectivity index (χ0v) is 15.6. The summed E-state index contributed by atoms with van der Waals surface area (Å²) in [6.45, 7) is 8.86. The molecular formula is C21H32N2O2. The summed E-state index contributed by atoms with van der Waals surface area (Å²) in [4.78, 5) is 15.0. The topological polar surface area (TPSA) is 41.6 Å². The molecule has 0 bridgehead atoms. The van der Waals surface area contributed by atoms with E-state index in [0.717, 1.165) is 45.7 Å². The zero-order chi connectivity index (χ0) is 17.6. The van der Waals surface area contributed by atoms with E-state index in [0.29, 0.717) is 17.9 Å². The number of carbonyl (C=O) groups excluding carboxylic acids is 1. The molecule has 1 amide bonds. The first-order valence-electron chi connectivity index (χ1n) is 9.77. The molecule has 3 unspecified atom stereocenters. The van der Waals surface area contributed by atoms with Crippen molar-refractivity contribution < 1.29 is 9.53 Å². The summed E-state index contributed by atoms with van der Waals surface area (Å²) in [7, 11) is 0. The molecule has 1 aromatic carbocycles. The van der Waals surface area contributed by atoms with E-state index in [-0.39, 0.29) is 11.8 Å². The molecule has 2 aliphatic heterocycles. The van der Waals surface area contributed by atoms with Gasteiger partial charge in [-0.15, -0.1) is 0 Å². The Hall–Kier alpha value is -1.39. The average molecular weight is 344 g/mol. The van der Waals surface area contributed by atoms with E-state index in [4.69, 9.17) is 4.74 Å². The monoisotopic (exact) mass is 344 g/mol. The van der Waals surface area contributed by atoms with Crippen molar-refractivity contribution in [2.75, 3.05) is 26.3 Å². The van der Waals surface area contributed by atoms with Gasteiger partial charge in [-0.25, -0.2) is 0 Å². The minimum absolute atomic E-state index is 0.100. The van der Waals surface area contributed by atoms with Crippen LogP contribution in [0.3, 0.4) is 0 Å². The highest BCUT2D eigenvalue weighted by Gasteiger charge is 2.30. The molecule has 0 aromatic heterocycles. The Morgan fingerprint density at radius 1 is 1.28 bits per heavy atom. The van der Waals surface area contributed by atoms with Crippen LogP contribution in [0.4, 0.5) is 0 Å². The molecule has 2 fully saturated rings. The lowest BCUT2D eigenvalue weighted by Crippen LogP contribution is -2.38. The second kappa shape index (κ2) is 8.81. The normalized spacial score (nSPS) is 26.5. The van der Waals surface area contributed by atoms with Gasteiger partial charge in [-0.2, -0.15) is 0 Å². The number of nitrogens with zero attached hydrogens (tertiary/aromatic N) is 1. The van der Waals surface area contributed by atoms with Gasteiger partial charge in [0.05, 0.1) is 0 Å². The molecule has 0 aliphatic carbocycles. The Balaban J connectivity index is 1.43. The average Bonchev–Trinajstić information content (AvgIpc) is 3.00. The van der Waals surface area contributed by atoms with E-state index in [2.05, 4.69) is 54.4 Å². The lowest BCUT2D eigenvalue weighted by Gasteiger charge is -2.27. The molecule has 0 radical (unpaired) electrons. The summed E-state index contributed by atoms with van der Waals surface area (Å²) in [5.41, 5.74) is 1.37. The van der Waals surface area contributed by atoms with Crippen LogP contribution >= 0.6 is 0 Å². The van der Waals surface area contributed by atoms with Gasteiger partial charge in [0, 0.05) is 44.8 Å². The van der Waals surface area contributed by atoms with Crippen molar-refractivity contribution in [3.8, 4) is 0 Å². The van der Waals surface area contributed by atoms with Gasteiger partial charge in [0.1, 0.15) is 0 Å². The smallest absolute Gasteiger partial charge is 0.223 e. The Bertz CT molecular complexity index is 542. The lowest BCUT2D eigenvalue weighted by atomic mass is 9.86. The van der Waals surface area contributed by atoms with Gasteiger partial charge in [-0.05, 0) is 43.6 Å². The second-order valence-corrected chi connectivity index (χ2v) is 7.85. The Labute approximate surface area is 151 Å². The molecule has 2 saturated heterocycles. The van der Waals surface area contributed by atoms with Crippen molar-refractivity contribution in [1.82, 2.24) is 10.2 Å². The molecule has 3 atom stereocenters. The number of hydrogen-bond acceptors (Lipinski definition) is 3. The van der Waals surface area contributed by atoms with Crippen molar-refractivity contribution in [3.63, 3.8) is 0 Å². The molecule has 3 rings (SSSR count). The minimum atomic E-state index is 0.100. The molecule has 4 heteroatoms. The van der Waals surface area contributed by atoms with Crippen molar-refractivity contribution in [2.45, 2.75) is 45.7 Å². The summed E-state index contributed by atoms with van der Waals surface area (Å²) in [6.07, 6.45) is 3.19. The first-order chi connectivity index (χ1) is 12.1. The number of amides is 1. The molecule has 0 saturated carbocycles. The minimum Gasteiger partial charge on any atom is -0.381 e. The van der Waals surface area contributed by atoms with Crippen LogP contribution < -0.4 is 5.32 Å². The third-order valence-corrected chi connectivity index (χ3v) is 5.97. The Morgan fingerprint density at radius 2 is 2.00 bits per heavy atom. The maximum Gasteiger partial charge on any atom is 0.223 e. The van der Waals surface area contributed by atoms with Crippen LogP contribution in [0.25, 0.3) is 0 Å². The van der Waals surface area contributed by atoms with Crippen LogP contribution in [0.2, 0.25) is 0 Å². The summed E-state index contributed by atoms with van der Waals surface area (Å²) in [5.74, 6) is 1.36. The number of benzene rings is 1. The highest BCUT2D eigenvalue weighted by molar-refractivity contribution is 5.78. The Kier molecular flexibility index (Phi) is 6.49. The number of ether oxygens (including phenoxy) is 1. The maximum atomic E-state index is 12.5. The predicted octanol–water partition coefficient (Wildman–Crippen LogP) is 3.08. The summed E-state index contributed by atoms with van der Waals surface area (Å²) >= 11 is 0. The summed E-state index contributed by atoms with van der Waals surface area (Å²) in [6, 6.07) is 11.2. The SMILES string of the molecule is CC(C(=O)NCC1CC(C)N(Cc2ccccc2)C1)C1CCOCC1. The first-order valence-corrected chi connectivity index (χ1v) is 9.77. The van der Waals surface area contributed by atoms with E-state index in [9.17, 15) is 4.79 Å². The molecule has 2 heterocycles. The van der Waals surface area contributed by atoms with E-state index in [1.54, 1.807) is 0 Å². The fraction of sp³-hybridized carbons (Fsp3) is 0.667. The van der Waals surface area contributed by atoms with Gasteiger partial charge < -0.3 is 10.1 Å². The van der Waals surface area contributed by atoms with Gasteiger partial charge in [-0.1, -0.05) is 37.3 Å². The van der Waals surface area contributed by atoms with Crippen molar-refractivity contribution in [3.05, 3.63) is 35.9 Å². The highest BCUT2D eigenvalue weighted by atomic mass is 16.5.